The van der Waals surface area contributed by atoms with Gasteiger partial charge in [-0.2, -0.15) is 4.13 Å². The zero-order valence-corrected chi connectivity index (χ0v) is 7.43. The van der Waals surface area contributed by atoms with Crippen molar-refractivity contribution >= 4 is 24.1 Å². The normalized spacial score (nSPS) is 40.8. The van der Waals surface area contributed by atoms with Crippen LogP contribution < -0.4 is 8.85 Å². The van der Waals surface area contributed by atoms with Crippen LogP contribution in [-0.4, -0.2) is 11.3 Å². The molecule has 0 bridgehead atoms. The van der Waals surface area contributed by atoms with Crippen LogP contribution in [0.1, 0.15) is 25.7 Å². The highest BCUT2D eigenvalue weighted by molar-refractivity contribution is 8.12. The van der Waals surface area contributed by atoms with E-state index in [1.54, 1.807) is 12.1 Å². The molecule has 2 fully saturated rings. The van der Waals surface area contributed by atoms with E-state index < -0.39 is 0 Å². The molecule has 0 aromatic heterocycles. The molecule has 0 spiro atoms. The summed E-state index contributed by atoms with van der Waals surface area (Å²) in [7, 11) is 0. The van der Waals surface area contributed by atoms with Crippen molar-refractivity contribution in [1.29, 1.82) is 0 Å². The van der Waals surface area contributed by atoms with Crippen molar-refractivity contribution in [3.05, 3.63) is 0 Å². The topological polar surface area (TPSA) is 24.1 Å². The third-order valence-corrected chi connectivity index (χ3v) is 4.16. The first-order valence-electron chi connectivity index (χ1n) is 3.79. The Bertz CT molecular complexity index is 94.3. The van der Waals surface area contributed by atoms with Gasteiger partial charge in [-0.15, -0.1) is 0 Å². The highest BCUT2D eigenvalue weighted by Crippen LogP contribution is 2.31. The molecule has 1 heterocycles. The summed E-state index contributed by atoms with van der Waals surface area (Å²) < 4.78 is 6.61. The predicted molar refractivity (Wildman–Crippen MR) is 47.5 cm³/mol. The summed E-state index contributed by atoms with van der Waals surface area (Å²) >= 11 is 3.54. The van der Waals surface area contributed by atoms with E-state index in [4.69, 9.17) is 0 Å². The zero-order valence-electron chi connectivity index (χ0n) is 5.80. The van der Waals surface area contributed by atoms with Crippen LogP contribution in [0.5, 0.6) is 0 Å². The Kier molecular flexibility index (Phi) is 2.43. The highest BCUT2D eigenvalue weighted by Gasteiger charge is 2.28. The van der Waals surface area contributed by atoms with Crippen molar-refractivity contribution < 1.29 is 0 Å². The van der Waals surface area contributed by atoms with Crippen molar-refractivity contribution in [3.63, 3.8) is 0 Å². The van der Waals surface area contributed by atoms with Crippen molar-refractivity contribution in [2.45, 2.75) is 37.0 Å². The van der Waals surface area contributed by atoms with E-state index in [0.717, 1.165) is 11.3 Å². The van der Waals surface area contributed by atoms with Crippen LogP contribution in [0.4, 0.5) is 0 Å². The molecule has 2 nitrogen and oxygen atoms in total. The minimum absolute atomic E-state index is 0.769. The van der Waals surface area contributed by atoms with E-state index in [9.17, 15) is 0 Å². The number of rotatable bonds is 0. The van der Waals surface area contributed by atoms with Crippen LogP contribution in [-0.2, 0) is 0 Å². The molecular formula is C6H12N2S2. The summed E-state index contributed by atoms with van der Waals surface area (Å²) in [6.07, 6.45) is 5.58. The van der Waals surface area contributed by atoms with Crippen molar-refractivity contribution in [3.8, 4) is 0 Å². The second-order valence-electron chi connectivity index (χ2n) is 2.85. The second kappa shape index (κ2) is 3.34. The van der Waals surface area contributed by atoms with Gasteiger partial charge in [0, 0.05) is 23.4 Å². The van der Waals surface area contributed by atoms with Gasteiger partial charge in [0.1, 0.15) is 0 Å². The third kappa shape index (κ3) is 1.44. The zero-order chi connectivity index (χ0) is 6.81. The van der Waals surface area contributed by atoms with Gasteiger partial charge in [0.25, 0.3) is 0 Å². The molecule has 0 radical (unpaired) electrons. The molecule has 0 amide bonds. The molecule has 1 aliphatic carbocycles. The van der Waals surface area contributed by atoms with Gasteiger partial charge < -0.3 is 0 Å². The molecule has 1 aliphatic heterocycles. The second-order valence-corrected chi connectivity index (χ2v) is 4.80. The smallest absolute Gasteiger partial charge is 0.0364 e. The maximum absolute atomic E-state index is 3.41. The van der Waals surface area contributed by atoms with Gasteiger partial charge in [-0.05, 0) is 12.8 Å². The van der Waals surface area contributed by atoms with E-state index in [2.05, 4.69) is 8.85 Å². The highest BCUT2D eigenvalue weighted by atomic mass is 32.2. The van der Waals surface area contributed by atoms with Gasteiger partial charge >= 0.3 is 0 Å². The third-order valence-electron chi connectivity index (χ3n) is 2.15. The molecule has 1 saturated heterocycles. The summed E-state index contributed by atoms with van der Waals surface area (Å²) in [4.78, 5) is 0. The number of hydrogen-bond acceptors (Lipinski definition) is 4. The van der Waals surface area contributed by atoms with Crippen LogP contribution in [0.2, 0.25) is 0 Å². The molecular weight excluding hydrogens is 164 g/mol. The summed E-state index contributed by atoms with van der Waals surface area (Å²) in [5.74, 6) is 0. The van der Waals surface area contributed by atoms with Crippen molar-refractivity contribution in [1.82, 2.24) is 8.85 Å². The average Bonchev–Trinajstić information content (AvgIpc) is 2.05. The minimum atomic E-state index is 0.769. The molecule has 2 aliphatic rings. The first-order valence-corrected chi connectivity index (χ1v) is 5.48. The predicted octanol–water partition coefficient (Wildman–Crippen LogP) is 1.70. The van der Waals surface area contributed by atoms with E-state index in [-0.39, 0.29) is 0 Å². The van der Waals surface area contributed by atoms with Crippen LogP contribution in [0, 0.1) is 0 Å². The number of nitrogens with one attached hydrogen (secondary N) is 2. The van der Waals surface area contributed by atoms with Crippen molar-refractivity contribution in [2.24, 2.45) is 0 Å². The maximum atomic E-state index is 3.41. The molecule has 0 aromatic rings. The molecule has 10 heavy (non-hydrogen) atoms. The average molecular weight is 176 g/mol. The molecule has 2 unspecified atom stereocenters. The molecule has 2 N–H and O–H groups in total. The Morgan fingerprint density at radius 3 is 3.00 bits per heavy atom. The molecule has 2 rings (SSSR count). The SMILES string of the molecule is C1CCC2SNSNC2C1. The van der Waals surface area contributed by atoms with Gasteiger partial charge in [-0.1, -0.05) is 24.8 Å². The van der Waals surface area contributed by atoms with E-state index in [1.165, 1.54) is 25.7 Å². The molecule has 58 valence electrons. The standard InChI is InChI=1S/C6H12N2S2/c1-2-4-6-5(3-1)7-10-8-9-6/h5-8H,1-4H2. The maximum Gasteiger partial charge on any atom is 0.0364 e. The lowest BCUT2D eigenvalue weighted by Gasteiger charge is -2.34. The van der Waals surface area contributed by atoms with Gasteiger partial charge in [0.2, 0.25) is 0 Å². The molecule has 2 atom stereocenters. The van der Waals surface area contributed by atoms with E-state index in [0.29, 0.717) is 0 Å². The minimum Gasteiger partial charge on any atom is -0.246 e. The Labute approximate surface area is 70.3 Å². The first-order chi connectivity index (χ1) is 4.97. The fourth-order valence-electron chi connectivity index (χ4n) is 1.56. The lowest BCUT2D eigenvalue weighted by atomic mass is 9.96. The molecule has 1 saturated carbocycles. The number of fused-ring (bicyclic) bond motifs is 1. The summed E-state index contributed by atoms with van der Waals surface area (Å²) in [5, 5.41) is 0.829. The molecule has 0 aromatic carbocycles. The summed E-state index contributed by atoms with van der Waals surface area (Å²) in [6, 6.07) is 0.769. The Morgan fingerprint density at radius 2 is 2.10 bits per heavy atom. The van der Waals surface area contributed by atoms with Gasteiger partial charge in [0.05, 0.1) is 0 Å². The summed E-state index contributed by atoms with van der Waals surface area (Å²) in [6.45, 7) is 0. The lowest BCUT2D eigenvalue weighted by Crippen LogP contribution is -2.42. The largest absolute Gasteiger partial charge is 0.246 e. The first kappa shape index (κ1) is 7.28. The van der Waals surface area contributed by atoms with Gasteiger partial charge in [-0.3, -0.25) is 0 Å². The van der Waals surface area contributed by atoms with E-state index >= 15 is 0 Å². The van der Waals surface area contributed by atoms with Crippen LogP contribution in [0.15, 0.2) is 0 Å². The fraction of sp³-hybridized carbons (Fsp3) is 1.00. The fourth-order valence-corrected chi connectivity index (χ4v) is 3.61. The van der Waals surface area contributed by atoms with Crippen LogP contribution in [0.3, 0.4) is 0 Å². The molecule has 4 heteroatoms. The lowest BCUT2D eigenvalue weighted by molar-refractivity contribution is 0.432. The quantitative estimate of drug-likeness (QED) is 0.549. The number of hydrogen-bond donors (Lipinski definition) is 2. The Morgan fingerprint density at radius 1 is 1.20 bits per heavy atom. The van der Waals surface area contributed by atoms with E-state index in [1.807, 2.05) is 11.9 Å². The van der Waals surface area contributed by atoms with Gasteiger partial charge in [-0.25, -0.2) is 4.72 Å². The Balaban J connectivity index is 1.93. The van der Waals surface area contributed by atoms with Gasteiger partial charge in [0.15, 0.2) is 0 Å². The van der Waals surface area contributed by atoms with Crippen molar-refractivity contribution in [2.75, 3.05) is 0 Å². The van der Waals surface area contributed by atoms with Crippen LogP contribution >= 0.6 is 24.1 Å². The monoisotopic (exact) mass is 176 g/mol. The Hall–Kier alpha value is 0.620. The van der Waals surface area contributed by atoms with Crippen LogP contribution in [0.25, 0.3) is 0 Å². The summed E-state index contributed by atoms with van der Waals surface area (Å²) in [5.41, 5.74) is 0.